The minimum absolute atomic E-state index is 0.195. The Balaban J connectivity index is 2.10. The van der Waals surface area contributed by atoms with Crippen molar-refractivity contribution in [2.75, 3.05) is 0 Å². The topological polar surface area (TPSA) is 39.2 Å². The van der Waals surface area contributed by atoms with Gasteiger partial charge >= 0.3 is 5.97 Å². The van der Waals surface area contributed by atoms with Crippen molar-refractivity contribution in [1.29, 1.82) is 0 Å². The first-order valence-corrected chi connectivity index (χ1v) is 7.72. The number of pyridine rings is 1. The summed E-state index contributed by atoms with van der Waals surface area (Å²) in [6.07, 6.45) is 0. The summed E-state index contributed by atoms with van der Waals surface area (Å²) in [5.41, 5.74) is 2.12. The number of aromatic nitrogens is 1. The van der Waals surface area contributed by atoms with Gasteiger partial charge in [-0.2, -0.15) is 0 Å². The molecule has 0 amide bonds. The summed E-state index contributed by atoms with van der Waals surface area (Å²) in [6.45, 7) is 4.21. The highest BCUT2D eigenvalue weighted by Crippen LogP contribution is 2.19. The van der Waals surface area contributed by atoms with E-state index in [0.717, 1.165) is 15.7 Å². The predicted octanol–water partition coefficient (Wildman–Crippen LogP) is 4.98. The number of carbonyl (C=O) groups excluding carboxylic acids is 1. The van der Waals surface area contributed by atoms with Crippen LogP contribution in [0.3, 0.4) is 0 Å². The molecule has 0 aliphatic heterocycles. The number of benzene rings is 1. The van der Waals surface area contributed by atoms with Crippen LogP contribution in [-0.4, -0.2) is 11.0 Å². The van der Waals surface area contributed by atoms with Crippen LogP contribution in [-0.2, 0) is 11.3 Å². The average Bonchev–Trinajstić information content (AvgIpc) is 2.44. The highest BCUT2D eigenvalue weighted by Gasteiger charge is 2.12. The Morgan fingerprint density at radius 3 is 2.76 bits per heavy atom. The summed E-state index contributed by atoms with van der Waals surface area (Å²) in [6, 6.07) is 10.9. The van der Waals surface area contributed by atoms with Gasteiger partial charge in [-0.15, -0.1) is 0 Å². The van der Waals surface area contributed by atoms with Crippen LogP contribution >= 0.6 is 27.5 Å². The SMILES string of the molecule is CC(C)c1cc(C(=O)OCc2cccc(Br)c2)cc(Cl)n1. The molecule has 0 saturated heterocycles. The molecular formula is C16H15BrClNO2. The molecule has 1 heterocycles. The van der Waals surface area contributed by atoms with Gasteiger partial charge in [0.15, 0.2) is 0 Å². The second-order valence-electron chi connectivity index (χ2n) is 4.96. The number of nitrogens with zero attached hydrogens (tertiary/aromatic N) is 1. The van der Waals surface area contributed by atoms with Crippen LogP contribution in [0.4, 0.5) is 0 Å². The second-order valence-corrected chi connectivity index (χ2v) is 6.27. The van der Waals surface area contributed by atoms with Crippen LogP contribution in [0.1, 0.15) is 41.4 Å². The Hall–Kier alpha value is -1.39. The molecule has 0 aliphatic rings. The monoisotopic (exact) mass is 367 g/mol. The van der Waals surface area contributed by atoms with Crippen molar-refractivity contribution in [3.63, 3.8) is 0 Å². The third-order valence-electron chi connectivity index (χ3n) is 2.90. The summed E-state index contributed by atoms with van der Waals surface area (Å²) >= 11 is 9.33. The van der Waals surface area contributed by atoms with Gasteiger partial charge in [0.2, 0.25) is 0 Å². The van der Waals surface area contributed by atoms with Gasteiger partial charge in [-0.25, -0.2) is 9.78 Å². The Labute approximate surface area is 137 Å². The third kappa shape index (κ3) is 4.55. The largest absolute Gasteiger partial charge is 0.457 e. The molecule has 0 unspecified atom stereocenters. The molecule has 0 saturated carbocycles. The highest BCUT2D eigenvalue weighted by molar-refractivity contribution is 9.10. The van der Waals surface area contributed by atoms with Gasteiger partial charge < -0.3 is 4.74 Å². The molecule has 5 heteroatoms. The third-order valence-corrected chi connectivity index (χ3v) is 3.59. The van der Waals surface area contributed by atoms with Crippen LogP contribution in [0.2, 0.25) is 5.15 Å². The molecule has 0 aliphatic carbocycles. The quantitative estimate of drug-likeness (QED) is 0.564. The standard InChI is InChI=1S/C16H15BrClNO2/c1-10(2)14-7-12(8-15(18)19-14)16(20)21-9-11-4-3-5-13(17)6-11/h3-8,10H,9H2,1-2H3. The number of hydrogen-bond acceptors (Lipinski definition) is 3. The molecular weight excluding hydrogens is 354 g/mol. The van der Waals surface area contributed by atoms with Gasteiger partial charge in [0.05, 0.1) is 5.56 Å². The lowest BCUT2D eigenvalue weighted by atomic mass is 10.1. The maximum Gasteiger partial charge on any atom is 0.338 e. The van der Waals surface area contributed by atoms with Crippen molar-refractivity contribution in [2.24, 2.45) is 0 Å². The summed E-state index contributed by atoms with van der Waals surface area (Å²) in [4.78, 5) is 16.3. The van der Waals surface area contributed by atoms with Crippen molar-refractivity contribution < 1.29 is 9.53 Å². The number of ether oxygens (including phenoxy) is 1. The Kier molecular flexibility index (Phi) is 5.37. The van der Waals surface area contributed by atoms with Gasteiger partial charge in [0, 0.05) is 10.2 Å². The van der Waals surface area contributed by atoms with E-state index in [2.05, 4.69) is 20.9 Å². The molecule has 0 bridgehead atoms. The molecule has 0 fully saturated rings. The number of carbonyl (C=O) groups is 1. The van der Waals surface area contributed by atoms with Crippen LogP contribution in [0.25, 0.3) is 0 Å². The molecule has 110 valence electrons. The Bertz CT molecular complexity index is 658. The minimum atomic E-state index is -0.402. The molecule has 0 N–H and O–H groups in total. The molecule has 2 aromatic rings. The summed E-state index contributed by atoms with van der Waals surface area (Å²) in [5.74, 6) is -0.207. The zero-order valence-electron chi connectivity index (χ0n) is 11.8. The highest BCUT2D eigenvalue weighted by atomic mass is 79.9. The minimum Gasteiger partial charge on any atom is -0.457 e. The number of hydrogen-bond donors (Lipinski definition) is 0. The zero-order valence-corrected chi connectivity index (χ0v) is 14.1. The van der Waals surface area contributed by atoms with Crippen molar-refractivity contribution in [3.05, 3.63) is 62.8 Å². The molecule has 0 atom stereocenters. The molecule has 21 heavy (non-hydrogen) atoms. The first kappa shape index (κ1) is 16.0. The van der Waals surface area contributed by atoms with Crippen molar-refractivity contribution >= 4 is 33.5 Å². The lowest BCUT2D eigenvalue weighted by Gasteiger charge is -2.09. The van der Waals surface area contributed by atoms with E-state index in [-0.39, 0.29) is 12.5 Å². The van der Waals surface area contributed by atoms with E-state index in [1.165, 1.54) is 6.07 Å². The van der Waals surface area contributed by atoms with Crippen LogP contribution in [0.5, 0.6) is 0 Å². The van der Waals surface area contributed by atoms with Gasteiger partial charge in [-0.05, 0) is 35.7 Å². The van der Waals surface area contributed by atoms with Crippen LogP contribution in [0.15, 0.2) is 40.9 Å². The molecule has 2 rings (SSSR count). The van der Waals surface area contributed by atoms with Crippen molar-refractivity contribution in [2.45, 2.75) is 26.4 Å². The molecule has 1 aromatic carbocycles. The van der Waals surface area contributed by atoms with Crippen molar-refractivity contribution in [3.8, 4) is 0 Å². The van der Waals surface area contributed by atoms with Gasteiger partial charge in [0.25, 0.3) is 0 Å². The average molecular weight is 369 g/mol. The zero-order chi connectivity index (χ0) is 15.4. The van der Waals surface area contributed by atoms with E-state index in [9.17, 15) is 4.79 Å². The molecule has 3 nitrogen and oxygen atoms in total. The number of esters is 1. The van der Waals surface area contributed by atoms with E-state index in [1.54, 1.807) is 6.07 Å². The van der Waals surface area contributed by atoms with E-state index in [1.807, 2.05) is 38.1 Å². The first-order valence-electron chi connectivity index (χ1n) is 6.55. The summed E-state index contributed by atoms with van der Waals surface area (Å²) in [5, 5.41) is 0.301. The van der Waals surface area contributed by atoms with Crippen molar-refractivity contribution in [1.82, 2.24) is 4.98 Å². The predicted molar refractivity (Wildman–Crippen MR) is 86.6 cm³/mol. The first-order chi connectivity index (χ1) is 9.95. The fourth-order valence-corrected chi connectivity index (χ4v) is 2.45. The Morgan fingerprint density at radius 2 is 2.10 bits per heavy atom. The fraction of sp³-hybridized carbons (Fsp3) is 0.250. The molecule has 0 radical (unpaired) electrons. The maximum absolute atomic E-state index is 12.1. The summed E-state index contributed by atoms with van der Waals surface area (Å²) in [7, 11) is 0. The van der Waals surface area contributed by atoms with E-state index < -0.39 is 5.97 Å². The summed E-state index contributed by atoms with van der Waals surface area (Å²) < 4.78 is 6.26. The maximum atomic E-state index is 12.1. The van der Waals surface area contributed by atoms with E-state index in [4.69, 9.17) is 16.3 Å². The van der Waals surface area contributed by atoms with Crippen LogP contribution < -0.4 is 0 Å². The van der Waals surface area contributed by atoms with E-state index >= 15 is 0 Å². The van der Waals surface area contributed by atoms with E-state index in [0.29, 0.717) is 10.7 Å². The normalized spacial score (nSPS) is 10.7. The van der Waals surface area contributed by atoms with Gasteiger partial charge in [0.1, 0.15) is 11.8 Å². The number of rotatable bonds is 4. The lowest BCUT2D eigenvalue weighted by molar-refractivity contribution is 0.0472. The smallest absolute Gasteiger partial charge is 0.338 e. The van der Waals surface area contributed by atoms with Gasteiger partial charge in [-0.1, -0.05) is 53.5 Å². The molecule has 0 spiro atoms. The van der Waals surface area contributed by atoms with Crippen LogP contribution in [0, 0.1) is 0 Å². The fourth-order valence-electron chi connectivity index (χ4n) is 1.79. The molecule has 1 aromatic heterocycles. The lowest BCUT2D eigenvalue weighted by Crippen LogP contribution is -2.07. The Morgan fingerprint density at radius 1 is 1.33 bits per heavy atom. The van der Waals surface area contributed by atoms with Gasteiger partial charge in [-0.3, -0.25) is 0 Å². The number of halogens is 2. The second kappa shape index (κ2) is 7.05.